The van der Waals surface area contributed by atoms with E-state index in [2.05, 4.69) is 48.2 Å². The third-order valence-corrected chi connectivity index (χ3v) is 8.77. The molecule has 0 spiro atoms. The summed E-state index contributed by atoms with van der Waals surface area (Å²) in [4.78, 5) is 15.6. The van der Waals surface area contributed by atoms with E-state index < -0.39 is 0 Å². The van der Waals surface area contributed by atoms with Gasteiger partial charge in [0.05, 0.1) is 14.2 Å². The van der Waals surface area contributed by atoms with Gasteiger partial charge in [-0.25, -0.2) is 0 Å². The lowest BCUT2D eigenvalue weighted by Gasteiger charge is -2.32. The molecule has 5 nitrogen and oxygen atoms in total. The van der Waals surface area contributed by atoms with Crippen molar-refractivity contribution in [2.75, 3.05) is 27.3 Å². The zero-order valence-electron chi connectivity index (χ0n) is 27.7. The van der Waals surface area contributed by atoms with Crippen LogP contribution in [0.3, 0.4) is 0 Å². The number of fused-ring (bicyclic) bond motifs is 1. The number of ether oxygens (including phenoxy) is 3. The fourth-order valence-corrected chi connectivity index (χ4v) is 6.35. The van der Waals surface area contributed by atoms with Crippen molar-refractivity contribution < 1.29 is 19.0 Å². The first-order valence-corrected chi connectivity index (χ1v) is 17.1. The van der Waals surface area contributed by atoms with Gasteiger partial charge in [0.15, 0.2) is 11.5 Å². The quantitative estimate of drug-likeness (QED) is 0.135. The van der Waals surface area contributed by atoms with E-state index in [-0.39, 0.29) is 5.97 Å². The normalized spacial score (nSPS) is 15.1. The van der Waals surface area contributed by atoms with Crippen molar-refractivity contribution in [3.05, 3.63) is 64.7 Å². The average molecular weight is 592 g/mol. The topological polar surface area (TPSA) is 48.0 Å². The zero-order chi connectivity index (χ0) is 30.9. The number of likely N-dealkylation sites (tertiary alicyclic amines) is 1. The van der Waals surface area contributed by atoms with Crippen molar-refractivity contribution in [3.8, 4) is 11.5 Å². The van der Waals surface area contributed by atoms with Crippen LogP contribution in [0.2, 0.25) is 0 Å². The monoisotopic (exact) mass is 591 g/mol. The molecule has 1 heterocycles. The van der Waals surface area contributed by atoms with Gasteiger partial charge < -0.3 is 14.2 Å². The van der Waals surface area contributed by atoms with Crippen molar-refractivity contribution in [2.24, 2.45) is 5.92 Å². The predicted molar refractivity (Wildman–Crippen MR) is 179 cm³/mol. The van der Waals surface area contributed by atoms with Crippen LogP contribution in [0, 0.1) is 5.92 Å². The number of rotatable bonds is 17. The van der Waals surface area contributed by atoms with E-state index >= 15 is 0 Å². The van der Waals surface area contributed by atoms with Crippen LogP contribution in [-0.2, 0) is 22.5 Å². The smallest absolute Gasteiger partial charge is 0.311 e. The maximum Gasteiger partial charge on any atom is 0.311 e. The molecule has 238 valence electrons. The summed E-state index contributed by atoms with van der Waals surface area (Å²) in [5.41, 5.74) is 4.77. The Kier molecular flexibility index (Phi) is 15.7. The summed E-state index contributed by atoms with van der Waals surface area (Å²) in [7, 11) is 3.32. The fraction of sp³-hybridized carbons (Fsp3) is 0.605. The molecule has 0 saturated carbocycles. The van der Waals surface area contributed by atoms with E-state index in [0.717, 1.165) is 68.0 Å². The minimum Gasteiger partial charge on any atom is -0.493 e. The number of nitrogens with zero attached hydrogens (tertiary/aromatic N) is 1. The number of carbonyl (C=O) groups excluding carboxylic acids is 1. The molecule has 1 saturated heterocycles. The number of esters is 1. The van der Waals surface area contributed by atoms with Crippen LogP contribution in [0.15, 0.2) is 48.0 Å². The standard InChI is InChI=1S/C36H51NO4.C2H6/c1-4-5-6-7-8-9-10-11-15-18-35(38)41-36-31(24-30-25-33(39-2)34(40-3)26-32(30)36)23-28-19-21-37(22-20-28)27-29-16-13-12-14-17-29;1-2/h12-14,16-17,25-26,28H,4-11,15,18-24,27H2,1-3H3;1-2H3. The summed E-state index contributed by atoms with van der Waals surface area (Å²) in [5, 5.41) is 0. The molecule has 2 aliphatic rings. The number of piperidine rings is 1. The van der Waals surface area contributed by atoms with E-state index in [4.69, 9.17) is 14.2 Å². The molecule has 1 aliphatic heterocycles. The molecule has 0 atom stereocenters. The number of benzene rings is 2. The molecule has 0 unspecified atom stereocenters. The molecule has 0 radical (unpaired) electrons. The van der Waals surface area contributed by atoms with Crippen LogP contribution >= 0.6 is 0 Å². The largest absolute Gasteiger partial charge is 0.493 e. The van der Waals surface area contributed by atoms with Crippen LogP contribution < -0.4 is 9.47 Å². The molecular formula is C38H57NO4. The molecule has 43 heavy (non-hydrogen) atoms. The van der Waals surface area contributed by atoms with Gasteiger partial charge in [-0.3, -0.25) is 9.69 Å². The summed E-state index contributed by atoms with van der Waals surface area (Å²) >= 11 is 0. The molecule has 2 aromatic carbocycles. The maximum atomic E-state index is 13.0. The number of allylic oxidation sites excluding steroid dienone is 1. The van der Waals surface area contributed by atoms with Crippen LogP contribution in [0.4, 0.5) is 0 Å². The second-order valence-corrected chi connectivity index (χ2v) is 11.9. The second kappa shape index (κ2) is 19.5. The minimum absolute atomic E-state index is 0.110. The van der Waals surface area contributed by atoms with Gasteiger partial charge in [-0.15, -0.1) is 0 Å². The van der Waals surface area contributed by atoms with Gasteiger partial charge in [0.1, 0.15) is 5.76 Å². The molecule has 2 aromatic rings. The third-order valence-electron chi connectivity index (χ3n) is 8.77. The Balaban J connectivity index is 0.00000248. The first-order valence-electron chi connectivity index (χ1n) is 17.1. The molecule has 0 amide bonds. The summed E-state index contributed by atoms with van der Waals surface area (Å²) < 4.78 is 17.4. The summed E-state index contributed by atoms with van der Waals surface area (Å²) in [6.07, 6.45) is 15.7. The lowest BCUT2D eigenvalue weighted by atomic mass is 9.89. The predicted octanol–water partition coefficient (Wildman–Crippen LogP) is 9.76. The highest BCUT2D eigenvalue weighted by molar-refractivity contribution is 5.83. The van der Waals surface area contributed by atoms with E-state index in [1.165, 1.54) is 68.9 Å². The highest BCUT2D eigenvalue weighted by Crippen LogP contribution is 2.43. The summed E-state index contributed by atoms with van der Waals surface area (Å²) in [5.74, 6) is 2.66. The Morgan fingerprint density at radius 1 is 0.837 bits per heavy atom. The van der Waals surface area contributed by atoms with E-state index in [1.807, 2.05) is 19.9 Å². The Bertz CT molecular complexity index is 1120. The lowest BCUT2D eigenvalue weighted by Crippen LogP contribution is -2.33. The molecule has 5 heteroatoms. The Morgan fingerprint density at radius 2 is 1.44 bits per heavy atom. The van der Waals surface area contributed by atoms with Gasteiger partial charge in [-0.1, -0.05) is 102 Å². The average Bonchev–Trinajstić information content (AvgIpc) is 3.36. The SMILES string of the molecule is CC.CCCCCCCCCCCC(=O)OC1=C(CC2CCN(Cc3ccccc3)CC2)Cc2cc(OC)c(OC)cc21. The van der Waals surface area contributed by atoms with Gasteiger partial charge >= 0.3 is 5.97 Å². The molecule has 4 rings (SSSR count). The molecule has 0 N–H and O–H groups in total. The van der Waals surface area contributed by atoms with Gasteiger partial charge in [0, 0.05) is 18.5 Å². The summed E-state index contributed by atoms with van der Waals surface area (Å²) in [6.45, 7) is 9.49. The number of hydrogen-bond acceptors (Lipinski definition) is 5. The zero-order valence-corrected chi connectivity index (χ0v) is 27.7. The maximum absolute atomic E-state index is 13.0. The summed E-state index contributed by atoms with van der Waals surface area (Å²) in [6, 6.07) is 14.8. The van der Waals surface area contributed by atoms with Gasteiger partial charge in [-0.05, 0) is 79.9 Å². The number of unbranched alkanes of at least 4 members (excludes halogenated alkanes) is 8. The van der Waals surface area contributed by atoms with E-state index in [0.29, 0.717) is 18.1 Å². The number of methoxy groups -OCH3 is 2. The van der Waals surface area contributed by atoms with Crippen LogP contribution in [0.25, 0.3) is 5.76 Å². The highest BCUT2D eigenvalue weighted by Gasteiger charge is 2.30. The van der Waals surface area contributed by atoms with Crippen LogP contribution in [-0.4, -0.2) is 38.2 Å². The number of carbonyl (C=O) groups is 1. The lowest BCUT2D eigenvalue weighted by molar-refractivity contribution is -0.136. The van der Waals surface area contributed by atoms with Crippen LogP contribution in [0.1, 0.15) is 121 Å². The molecular weight excluding hydrogens is 534 g/mol. The fourth-order valence-electron chi connectivity index (χ4n) is 6.35. The molecule has 1 fully saturated rings. The molecule has 0 bridgehead atoms. The first-order chi connectivity index (χ1) is 21.1. The Labute approximate surface area is 262 Å². The highest BCUT2D eigenvalue weighted by atomic mass is 16.5. The van der Waals surface area contributed by atoms with Crippen molar-refractivity contribution in [1.29, 1.82) is 0 Å². The van der Waals surface area contributed by atoms with E-state index in [1.54, 1.807) is 14.2 Å². The van der Waals surface area contributed by atoms with Crippen molar-refractivity contribution >= 4 is 11.7 Å². The Hall–Kier alpha value is -2.79. The first kappa shape index (κ1) is 34.7. The molecule has 0 aromatic heterocycles. The second-order valence-electron chi connectivity index (χ2n) is 11.9. The van der Waals surface area contributed by atoms with Crippen molar-refractivity contribution in [1.82, 2.24) is 4.90 Å². The molecule has 1 aliphatic carbocycles. The van der Waals surface area contributed by atoms with Crippen molar-refractivity contribution in [2.45, 2.75) is 117 Å². The van der Waals surface area contributed by atoms with Gasteiger partial charge in [0.2, 0.25) is 0 Å². The van der Waals surface area contributed by atoms with E-state index in [9.17, 15) is 4.79 Å². The van der Waals surface area contributed by atoms with Gasteiger partial charge in [0.25, 0.3) is 0 Å². The Morgan fingerprint density at radius 3 is 2.07 bits per heavy atom. The third kappa shape index (κ3) is 11.0. The number of hydrogen-bond donors (Lipinski definition) is 0. The van der Waals surface area contributed by atoms with Gasteiger partial charge in [-0.2, -0.15) is 0 Å². The van der Waals surface area contributed by atoms with Crippen molar-refractivity contribution in [3.63, 3.8) is 0 Å². The minimum atomic E-state index is -0.110. The van der Waals surface area contributed by atoms with Crippen LogP contribution in [0.5, 0.6) is 11.5 Å².